The third-order valence-corrected chi connectivity index (χ3v) is 7.18. The monoisotopic (exact) mass is 561 g/mol. The molecule has 0 aliphatic carbocycles. The molecule has 41 heavy (non-hydrogen) atoms. The molecule has 1 saturated heterocycles. The minimum absolute atomic E-state index is 0.0916. The summed E-state index contributed by atoms with van der Waals surface area (Å²) in [5.41, 5.74) is 2.13. The van der Waals surface area contributed by atoms with Gasteiger partial charge in [0.2, 0.25) is 11.9 Å². The van der Waals surface area contributed by atoms with Crippen LogP contribution in [0.15, 0.2) is 42.5 Å². The van der Waals surface area contributed by atoms with Crippen molar-refractivity contribution in [3.05, 3.63) is 53.6 Å². The number of aromatic nitrogens is 3. The van der Waals surface area contributed by atoms with Crippen molar-refractivity contribution in [3.8, 4) is 17.5 Å². The first-order valence-corrected chi connectivity index (χ1v) is 14.6. The quantitative estimate of drug-likeness (QED) is 0.303. The van der Waals surface area contributed by atoms with Crippen molar-refractivity contribution in [1.82, 2.24) is 25.6 Å². The van der Waals surface area contributed by atoms with Crippen LogP contribution >= 0.6 is 0 Å². The lowest BCUT2D eigenvalue weighted by atomic mass is 10.1. The standard InChI is InChI=1S/C30H39N7O4/c38-27(33-23-8-7-15-31-20-23)25-14-11-22-18-26(25)41-17-6-4-2-1-3-5-16-40-24-12-9-21(10-13-24)19-32-28-35-29(34-22)37-30(39)36-28/h9-14,18,23,31H,1-8,15-17,19-20H2,(H,33,38)(H3,32,34,35,36,37,39). The molecule has 0 radical (unpaired) electrons. The molecule has 3 aliphatic heterocycles. The number of amides is 1. The van der Waals surface area contributed by atoms with Gasteiger partial charge < -0.3 is 35.8 Å². The van der Waals surface area contributed by atoms with Crippen LogP contribution in [0.3, 0.4) is 0 Å². The molecule has 1 unspecified atom stereocenters. The molecule has 11 heteroatoms. The summed E-state index contributed by atoms with van der Waals surface area (Å²) in [5, 5.41) is 22.9. The summed E-state index contributed by atoms with van der Waals surface area (Å²) in [4.78, 5) is 25.6. The van der Waals surface area contributed by atoms with Crippen LogP contribution in [0.1, 0.15) is 67.3 Å². The molecule has 1 atom stereocenters. The van der Waals surface area contributed by atoms with Gasteiger partial charge in [0.1, 0.15) is 11.5 Å². The zero-order valence-electron chi connectivity index (χ0n) is 23.3. The van der Waals surface area contributed by atoms with E-state index in [1.54, 1.807) is 18.2 Å². The third kappa shape index (κ3) is 8.68. The molecular weight excluding hydrogens is 522 g/mol. The van der Waals surface area contributed by atoms with Crippen LogP contribution in [0.4, 0.5) is 17.6 Å². The lowest BCUT2D eigenvalue weighted by Gasteiger charge is -2.24. The molecule has 11 nitrogen and oxygen atoms in total. The molecule has 1 amide bonds. The Balaban J connectivity index is 1.34. The van der Waals surface area contributed by atoms with E-state index in [0.29, 0.717) is 36.8 Å². The normalized spacial score (nSPS) is 18.6. The second-order valence-corrected chi connectivity index (χ2v) is 10.5. The fourth-order valence-corrected chi connectivity index (χ4v) is 4.94. The highest BCUT2D eigenvalue weighted by molar-refractivity contribution is 5.97. The lowest BCUT2D eigenvalue weighted by Crippen LogP contribution is -2.45. The largest absolute Gasteiger partial charge is 0.494 e. The molecule has 1 aromatic heterocycles. The average molecular weight is 562 g/mol. The topological polar surface area (TPSA) is 143 Å². The van der Waals surface area contributed by atoms with Crippen molar-refractivity contribution in [3.63, 3.8) is 0 Å². The summed E-state index contributed by atoms with van der Waals surface area (Å²) in [6, 6.07) is 12.9. The van der Waals surface area contributed by atoms with Gasteiger partial charge in [0.25, 0.3) is 5.91 Å². The van der Waals surface area contributed by atoms with Crippen LogP contribution in [0.5, 0.6) is 17.5 Å². The summed E-state index contributed by atoms with van der Waals surface area (Å²) in [6.07, 6.45) is 8.34. The SMILES string of the molecule is O=C(NC1CCCNC1)c1ccc2cc1OCCCCCCCCOc1ccc(cc1)CNc1nc(O)nc(n1)N2. The van der Waals surface area contributed by atoms with E-state index in [4.69, 9.17) is 9.47 Å². The van der Waals surface area contributed by atoms with Gasteiger partial charge in [-0.05, 0) is 62.1 Å². The van der Waals surface area contributed by atoms with E-state index in [9.17, 15) is 9.90 Å². The number of piperidine rings is 1. The number of fused-ring (bicyclic) bond motifs is 12. The number of carbonyl (C=O) groups excluding carboxylic acids is 1. The summed E-state index contributed by atoms with van der Waals surface area (Å²) >= 11 is 0. The Morgan fingerprint density at radius 3 is 2.41 bits per heavy atom. The average Bonchev–Trinajstić information content (AvgIpc) is 2.97. The molecule has 218 valence electrons. The first-order valence-electron chi connectivity index (χ1n) is 14.6. The Morgan fingerprint density at radius 1 is 0.878 bits per heavy atom. The summed E-state index contributed by atoms with van der Waals surface area (Å²) < 4.78 is 12.0. The van der Waals surface area contributed by atoms with Crippen LogP contribution in [0.25, 0.3) is 0 Å². The number of nitrogens with zero attached hydrogens (tertiary/aromatic N) is 3. The number of hydrogen-bond donors (Lipinski definition) is 5. The molecule has 0 saturated carbocycles. The number of aromatic hydroxyl groups is 1. The molecule has 6 rings (SSSR count). The van der Waals surface area contributed by atoms with Crippen LogP contribution in [-0.4, -0.2) is 58.3 Å². The van der Waals surface area contributed by atoms with Crippen molar-refractivity contribution in [2.75, 3.05) is 36.9 Å². The van der Waals surface area contributed by atoms with Gasteiger partial charge in [-0.2, -0.15) is 15.0 Å². The zero-order valence-corrected chi connectivity index (χ0v) is 23.3. The summed E-state index contributed by atoms with van der Waals surface area (Å²) in [5.74, 6) is 1.58. The molecule has 6 bridgehead atoms. The van der Waals surface area contributed by atoms with Crippen molar-refractivity contribution in [2.24, 2.45) is 0 Å². The molecule has 4 heterocycles. The fraction of sp³-hybridized carbons (Fsp3) is 0.467. The Bertz CT molecular complexity index is 1280. The first kappa shape index (κ1) is 28.4. The molecule has 3 aromatic rings. The van der Waals surface area contributed by atoms with Gasteiger partial charge >= 0.3 is 6.01 Å². The number of anilines is 3. The van der Waals surface area contributed by atoms with E-state index in [-0.39, 0.29) is 23.8 Å². The molecule has 1 fully saturated rings. The molecule has 0 spiro atoms. The number of rotatable bonds is 2. The van der Waals surface area contributed by atoms with E-state index < -0.39 is 6.01 Å². The Hall–Kier alpha value is -4.12. The summed E-state index contributed by atoms with van der Waals surface area (Å²) in [7, 11) is 0. The fourth-order valence-electron chi connectivity index (χ4n) is 4.94. The first-order chi connectivity index (χ1) is 20.1. The number of ether oxygens (including phenoxy) is 2. The molecular formula is C30H39N7O4. The number of nitrogens with one attached hydrogen (secondary N) is 4. The number of hydrogen-bond acceptors (Lipinski definition) is 10. The van der Waals surface area contributed by atoms with Gasteiger partial charge in [-0.1, -0.05) is 37.8 Å². The Labute approximate surface area is 240 Å². The maximum absolute atomic E-state index is 13.2. The van der Waals surface area contributed by atoms with Crippen molar-refractivity contribution >= 4 is 23.5 Å². The smallest absolute Gasteiger partial charge is 0.320 e. The van der Waals surface area contributed by atoms with Crippen molar-refractivity contribution < 1.29 is 19.4 Å². The highest BCUT2D eigenvalue weighted by atomic mass is 16.5. The second kappa shape index (κ2) is 14.5. The van der Waals surface area contributed by atoms with E-state index in [2.05, 4.69) is 36.2 Å². The minimum Gasteiger partial charge on any atom is -0.494 e. The van der Waals surface area contributed by atoms with E-state index in [0.717, 1.165) is 75.8 Å². The van der Waals surface area contributed by atoms with Gasteiger partial charge in [0.05, 0.1) is 18.8 Å². The maximum atomic E-state index is 13.2. The lowest BCUT2D eigenvalue weighted by molar-refractivity contribution is 0.0926. The second-order valence-electron chi connectivity index (χ2n) is 10.5. The number of carbonyl (C=O) groups is 1. The molecule has 3 aliphatic rings. The Morgan fingerprint density at radius 2 is 1.63 bits per heavy atom. The van der Waals surface area contributed by atoms with Gasteiger partial charge in [-0.15, -0.1) is 0 Å². The van der Waals surface area contributed by atoms with E-state index in [1.165, 1.54) is 0 Å². The highest BCUT2D eigenvalue weighted by Gasteiger charge is 2.20. The van der Waals surface area contributed by atoms with Gasteiger partial charge in [-0.25, -0.2) is 0 Å². The van der Waals surface area contributed by atoms with Crippen LogP contribution < -0.4 is 30.7 Å². The highest BCUT2D eigenvalue weighted by Crippen LogP contribution is 2.27. The Kier molecular flexibility index (Phi) is 10.0. The molecule has 5 N–H and O–H groups in total. The van der Waals surface area contributed by atoms with Crippen LogP contribution in [0, 0.1) is 0 Å². The summed E-state index contributed by atoms with van der Waals surface area (Å²) in [6.45, 7) is 3.40. The predicted molar refractivity (Wildman–Crippen MR) is 157 cm³/mol. The van der Waals surface area contributed by atoms with Gasteiger partial charge in [0, 0.05) is 30.9 Å². The van der Waals surface area contributed by atoms with Crippen molar-refractivity contribution in [2.45, 2.75) is 64.0 Å². The maximum Gasteiger partial charge on any atom is 0.320 e. The predicted octanol–water partition coefficient (Wildman–Crippen LogP) is 4.53. The molecule has 2 aromatic carbocycles. The van der Waals surface area contributed by atoms with Crippen LogP contribution in [0.2, 0.25) is 0 Å². The zero-order chi connectivity index (χ0) is 28.3. The van der Waals surface area contributed by atoms with Crippen LogP contribution in [-0.2, 0) is 6.54 Å². The third-order valence-electron chi connectivity index (χ3n) is 7.18. The minimum atomic E-state index is -0.409. The van der Waals surface area contributed by atoms with Gasteiger partial charge in [-0.3, -0.25) is 4.79 Å². The number of benzene rings is 2. The van der Waals surface area contributed by atoms with Gasteiger partial charge in [0.15, 0.2) is 0 Å². The van der Waals surface area contributed by atoms with Crippen molar-refractivity contribution in [1.29, 1.82) is 0 Å². The van der Waals surface area contributed by atoms with E-state index >= 15 is 0 Å². The van der Waals surface area contributed by atoms with E-state index in [1.807, 2.05) is 24.3 Å².